The van der Waals surface area contributed by atoms with Crippen molar-refractivity contribution >= 4 is 55.7 Å². The minimum atomic E-state index is -1.01. The van der Waals surface area contributed by atoms with Crippen LogP contribution >= 0.6 is 22.9 Å². The second-order valence-electron chi connectivity index (χ2n) is 9.13. The Kier molecular flexibility index (Phi) is 6.79. The molecule has 1 aliphatic heterocycles. The lowest BCUT2D eigenvalue weighted by Crippen LogP contribution is -2.29. The molecule has 6 nitrogen and oxygen atoms in total. The van der Waals surface area contributed by atoms with Gasteiger partial charge in [0, 0.05) is 10.6 Å². The van der Waals surface area contributed by atoms with E-state index < -0.39 is 29.3 Å². The first-order valence-electron chi connectivity index (χ1n) is 12.3. The number of rotatable bonds is 6. The Bertz CT molecular complexity index is 1790. The number of hydrogen-bond acceptors (Lipinski definition) is 6. The van der Waals surface area contributed by atoms with Gasteiger partial charge in [-0.25, -0.2) is 9.37 Å². The van der Waals surface area contributed by atoms with Gasteiger partial charge < -0.3 is 9.84 Å². The molecule has 0 radical (unpaired) electrons. The van der Waals surface area contributed by atoms with Crippen molar-refractivity contribution in [3.05, 3.63) is 130 Å². The summed E-state index contributed by atoms with van der Waals surface area (Å²) >= 11 is 7.37. The molecule has 2 heterocycles. The maximum atomic E-state index is 13.6. The minimum absolute atomic E-state index is 0.130. The zero-order valence-electron chi connectivity index (χ0n) is 20.8. The van der Waals surface area contributed by atoms with Crippen LogP contribution in [0.3, 0.4) is 0 Å². The van der Waals surface area contributed by atoms with Gasteiger partial charge in [-0.15, -0.1) is 0 Å². The van der Waals surface area contributed by atoms with Gasteiger partial charge >= 0.3 is 5.91 Å². The van der Waals surface area contributed by atoms with E-state index in [9.17, 15) is 19.1 Å². The highest BCUT2D eigenvalue weighted by Crippen LogP contribution is 2.45. The van der Waals surface area contributed by atoms with Crippen LogP contribution in [0, 0.1) is 5.82 Å². The third kappa shape index (κ3) is 4.83. The van der Waals surface area contributed by atoms with Gasteiger partial charge in [-0.1, -0.05) is 65.4 Å². The van der Waals surface area contributed by atoms with E-state index >= 15 is 0 Å². The number of thiazole rings is 1. The number of anilines is 1. The van der Waals surface area contributed by atoms with Crippen molar-refractivity contribution in [2.75, 3.05) is 4.90 Å². The molecule has 9 heteroatoms. The van der Waals surface area contributed by atoms with E-state index in [4.69, 9.17) is 16.3 Å². The summed E-state index contributed by atoms with van der Waals surface area (Å²) in [7, 11) is 0. The van der Waals surface area contributed by atoms with E-state index in [1.165, 1.54) is 40.5 Å². The average molecular weight is 571 g/mol. The number of amides is 1. The Morgan fingerprint density at radius 3 is 2.52 bits per heavy atom. The van der Waals surface area contributed by atoms with Crippen molar-refractivity contribution in [3.8, 4) is 5.75 Å². The number of ether oxygens (including phenoxy) is 1. The molecule has 1 atom stereocenters. The topological polar surface area (TPSA) is 79.7 Å². The monoisotopic (exact) mass is 570 g/mol. The standard InChI is InChI=1S/C31H20ClFN2O4S/c32-21-11-14-24-25(16-21)40-31(34-24)35-27(20-7-4-8-23(15-20)39-17-18-5-2-1-3-6-18)26(29(37)30(35)38)28(36)19-9-12-22(33)13-10-19/h1-16,27,36H,17H2/b28-26+. The Morgan fingerprint density at radius 1 is 0.975 bits per heavy atom. The van der Waals surface area contributed by atoms with Crippen molar-refractivity contribution in [2.24, 2.45) is 0 Å². The van der Waals surface area contributed by atoms with Crippen LogP contribution < -0.4 is 9.64 Å². The lowest BCUT2D eigenvalue weighted by molar-refractivity contribution is -0.132. The molecule has 40 heavy (non-hydrogen) atoms. The molecule has 0 bridgehead atoms. The summed E-state index contributed by atoms with van der Waals surface area (Å²) in [6.45, 7) is 0.318. The molecule has 1 aliphatic rings. The first kappa shape index (κ1) is 25.7. The fraction of sp³-hybridized carbons (Fsp3) is 0.0645. The molecular formula is C31H20ClFN2O4S. The summed E-state index contributed by atoms with van der Waals surface area (Å²) in [6.07, 6.45) is 0. The normalized spacial score (nSPS) is 16.6. The molecule has 5 aromatic rings. The Labute approximate surface area is 237 Å². The van der Waals surface area contributed by atoms with Crippen LogP contribution in [-0.4, -0.2) is 21.8 Å². The summed E-state index contributed by atoms with van der Waals surface area (Å²) in [5, 5.41) is 12.1. The van der Waals surface area contributed by atoms with Crippen LogP contribution in [0.2, 0.25) is 5.02 Å². The van der Waals surface area contributed by atoms with Crippen molar-refractivity contribution in [1.29, 1.82) is 0 Å². The number of aliphatic hydroxyl groups excluding tert-OH is 1. The van der Waals surface area contributed by atoms with Crippen molar-refractivity contribution in [3.63, 3.8) is 0 Å². The van der Waals surface area contributed by atoms with Gasteiger partial charge in [0.1, 0.15) is 23.9 Å². The molecular weight excluding hydrogens is 551 g/mol. The predicted octanol–water partition coefficient (Wildman–Crippen LogP) is 7.29. The summed E-state index contributed by atoms with van der Waals surface area (Å²) in [5.74, 6) is -2.10. The molecule has 1 N–H and O–H groups in total. The maximum Gasteiger partial charge on any atom is 0.301 e. The van der Waals surface area contributed by atoms with Crippen molar-refractivity contribution in [2.45, 2.75) is 12.6 Å². The molecule has 1 unspecified atom stereocenters. The summed E-state index contributed by atoms with van der Waals surface area (Å²) in [5.41, 5.74) is 2.20. The van der Waals surface area contributed by atoms with Gasteiger partial charge in [0.25, 0.3) is 5.78 Å². The number of benzene rings is 4. The van der Waals surface area contributed by atoms with Gasteiger partial charge in [0.15, 0.2) is 5.13 Å². The van der Waals surface area contributed by atoms with Crippen LogP contribution in [0.4, 0.5) is 9.52 Å². The van der Waals surface area contributed by atoms with Crippen molar-refractivity contribution < 1.29 is 23.8 Å². The molecule has 1 aromatic heterocycles. The first-order chi connectivity index (χ1) is 19.4. The molecule has 4 aromatic carbocycles. The van der Waals surface area contributed by atoms with E-state index in [0.717, 1.165) is 10.3 Å². The number of halogens is 2. The molecule has 1 amide bonds. The second kappa shape index (κ2) is 10.6. The first-order valence-corrected chi connectivity index (χ1v) is 13.5. The summed E-state index contributed by atoms with van der Waals surface area (Å²) in [6, 6.07) is 25.9. The van der Waals surface area contributed by atoms with Gasteiger partial charge in [0.05, 0.1) is 21.8 Å². The third-order valence-electron chi connectivity index (χ3n) is 6.53. The summed E-state index contributed by atoms with van der Waals surface area (Å²) in [4.78, 5) is 32.9. The molecule has 0 saturated carbocycles. The van der Waals surface area contributed by atoms with E-state index in [0.29, 0.717) is 28.5 Å². The van der Waals surface area contributed by atoms with E-state index in [-0.39, 0.29) is 16.3 Å². The number of Topliss-reactive ketones (excluding diaryl/α,β-unsaturated/α-hetero) is 1. The van der Waals surface area contributed by atoms with E-state index in [1.54, 1.807) is 42.5 Å². The second-order valence-corrected chi connectivity index (χ2v) is 10.6. The van der Waals surface area contributed by atoms with Crippen LogP contribution in [0.5, 0.6) is 5.75 Å². The quantitative estimate of drug-likeness (QED) is 0.132. The molecule has 6 rings (SSSR count). The largest absolute Gasteiger partial charge is 0.507 e. The SMILES string of the molecule is O=C1C(=O)N(c2nc3ccc(Cl)cc3s2)C(c2cccc(OCc3ccccc3)c2)/C1=C(\O)c1ccc(F)cc1. The highest BCUT2D eigenvalue weighted by atomic mass is 35.5. The van der Waals surface area contributed by atoms with Gasteiger partial charge in [-0.3, -0.25) is 14.5 Å². The highest BCUT2D eigenvalue weighted by molar-refractivity contribution is 7.22. The fourth-order valence-electron chi connectivity index (χ4n) is 4.61. The molecule has 198 valence electrons. The number of fused-ring (bicyclic) bond motifs is 1. The molecule has 0 spiro atoms. The Hall–Kier alpha value is -4.53. The van der Waals surface area contributed by atoms with Crippen LogP contribution in [0.25, 0.3) is 16.0 Å². The Balaban J connectivity index is 1.47. The van der Waals surface area contributed by atoms with E-state index in [1.807, 2.05) is 30.3 Å². The number of aliphatic hydroxyl groups is 1. The zero-order valence-corrected chi connectivity index (χ0v) is 22.3. The lowest BCUT2D eigenvalue weighted by atomic mass is 9.95. The van der Waals surface area contributed by atoms with Gasteiger partial charge in [-0.2, -0.15) is 0 Å². The van der Waals surface area contributed by atoms with Crippen LogP contribution in [-0.2, 0) is 16.2 Å². The third-order valence-corrected chi connectivity index (χ3v) is 7.78. The maximum absolute atomic E-state index is 13.6. The smallest absolute Gasteiger partial charge is 0.301 e. The average Bonchev–Trinajstić information content (AvgIpc) is 3.50. The molecule has 1 saturated heterocycles. The lowest BCUT2D eigenvalue weighted by Gasteiger charge is -2.23. The van der Waals surface area contributed by atoms with Crippen LogP contribution in [0.15, 0.2) is 103 Å². The number of hydrogen-bond donors (Lipinski definition) is 1. The van der Waals surface area contributed by atoms with Gasteiger partial charge in [0.2, 0.25) is 0 Å². The van der Waals surface area contributed by atoms with Gasteiger partial charge in [-0.05, 0) is 65.7 Å². The predicted molar refractivity (Wildman–Crippen MR) is 153 cm³/mol. The van der Waals surface area contributed by atoms with E-state index in [2.05, 4.69) is 4.98 Å². The fourth-order valence-corrected chi connectivity index (χ4v) is 5.88. The summed E-state index contributed by atoms with van der Waals surface area (Å²) < 4.78 is 20.3. The number of carbonyl (C=O) groups excluding carboxylic acids is 2. The molecule has 1 fully saturated rings. The Morgan fingerprint density at radius 2 is 1.75 bits per heavy atom. The number of aromatic nitrogens is 1. The minimum Gasteiger partial charge on any atom is -0.507 e. The zero-order chi connectivity index (χ0) is 27.8. The van der Waals surface area contributed by atoms with Crippen molar-refractivity contribution in [1.82, 2.24) is 4.98 Å². The number of carbonyl (C=O) groups is 2. The highest BCUT2D eigenvalue weighted by Gasteiger charge is 2.48. The number of nitrogens with zero attached hydrogens (tertiary/aromatic N) is 2. The number of ketones is 1. The van der Waals surface area contributed by atoms with Crippen LogP contribution in [0.1, 0.15) is 22.7 Å². The molecule has 0 aliphatic carbocycles.